The molecule has 0 aliphatic carbocycles. The minimum absolute atomic E-state index is 0.742. The first-order valence-corrected chi connectivity index (χ1v) is 9.82. The largest absolute Gasteiger partial charge is 0.368 e. The normalized spacial score (nSPS) is 15.8. The summed E-state index contributed by atoms with van der Waals surface area (Å²) in [7, 11) is 0. The van der Waals surface area contributed by atoms with E-state index in [9.17, 15) is 0 Å². The highest BCUT2D eigenvalue weighted by Crippen LogP contribution is 2.27. The molecule has 0 spiro atoms. The van der Waals surface area contributed by atoms with Gasteiger partial charge in [0.05, 0.1) is 11.2 Å². The molecule has 0 amide bonds. The topological polar surface area (TPSA) is 50.9 Å². The molecule has 0 atom stereocenters. The van der Waals surface area contributed by atoms with Crippen LogP contribution in [0.3, 0.4) is 0 Å². The number of aromatic nitrogens is 3. The summed E-state index contributed by atoms with van der Waals surface area (Å²) in [6.45, 7) is 5.30. The zero-order valence-electron chi connectivity index (χ0n) is 15.1. The molecular formula is C21H22ClN5. The minimum atomic E-state index is 0.742. The number of benzene rings is 2. The van der Waals surface area contributed by atoms with Crippen LogP contribution in [-0.4, -0.2) is 52.8 Å². The predicted octanol–water partition coefficient (Wildman–Crippen LogP) is 4.06. The van der Waals surface area contributed by atoms with Gasteiger partial charge in [-0.2, -0.15) is 5.10 Å². The smallest absolute Gasteiger partial charge is 0.0713 e. The Morgan fingerprint density at radius 3 is 2.74 bits per heavy atom. The van der Waals surface area contributed by atoms with E-state index in [-0.39, 0.29) is 0 Å². The molecule has 27 heavy (non-hydrogen) atoms. The Bertz CT molecular complexity index is 1070. The molecule has 0 radical (unpaired) electrons. The van der Waals surface area contributed by atoms with Gasteiger partial charge in [0, 0.05) is 72.3 Å². The summed E-state index contributed by atoms with van der Waals surface area (Å²) < 4.78 is 0. The summed E-state index contributed by atoms with van der Waals surface area (Å²) in [5.41, 5.74) is 4.69. The van der Waals surface area contributed by atoms with Gasteiger partial charge in [0.15, 0.2) is 0 Å². The Morgan fingerprint density at radius 2 is 1.85 bits per heavy atom. The third-order valence-corrected chi connectivity index (χ3v) is 5.79. The van der Waals surface area contributed by atoms with Crippen molar-refractivity contribution in [2.75, 3.05) is 37.6 Å². The number of nitrogens with zero attached hydrogens (tertiary/aromatic N) is 3. The number of rotatable bonds is 4. The van der Waals surface area contributed by atoms with Crippen LogP contribution in [0.4, 0.5) is 5.69 Å². The van der Waals surface area contributed by atoms with Crippen molar-refractivity contribution in [1.29, 1.82) is 0 Å². The van der Waals surface area contributed by atoms with Gasteiger partial charge in [0.25, 0.3) is 0 Å². The Labute approximate surface area is 162 Å². The molecule has 0 unspecified atom stereocenters. The fourth-order valence-electron chi connectivity index (χ4n) is 4.06. The van der Waals surface area contributed by atoms with Gasteiger partial charge < -0.3 is 9.88 Å². The molecule has 1 aliphatic heterocycles. The molecule has 2 N–H and O–H groups in total. The number of piperazine rings is 1. The first kappa shape index (κ1) is 16.7. The van der Waals surface area contributed by atoms with Crippen LogP contribution in [0.25, 0.3) is 21.8 Å². The lowest BCUT2D eigenvalue weighted by Gasteiger charge is -2.36. The Balaban J connectivity index is 1.22. The molecule has 0 bridgehead atoms. The quantitative estimate of drug-likeness (QED) is 0.562. The van der Waals surface area contributed by atoms with E-state index in [1.165, 1.54) is 22.0 Å². The number of fused-ring (bicyclic) bond motifs is 2. The second-order valence-corrected chi connectivity index (χ2v) is 7.59. The average Bonchev–Trinajstić information content (AvgIpc) is 3.33. The van der Waals surface area contributed by atoms with Crippen molar-refractivity contribution < 1.29 is 0 Å². The average molecular weight is 380 g/mol. The lowest BCUT2D eigenvalue weighted by atomic mass is 10.1. The third-order valence-electron chi connectivity index (χ3n) is 5.55. The molecule has 5 rings (SSSR count). The highest BCUT2D eigenvalue weighted by atomic mass is 35.5. The van der Waals surface area contributed by atoms with Crippen LogP contribution in [-0.2, 0) is 6.42 Å². The van der Waals surface area contributed by atoms with E-state index in [0.29, 0.717) is 0 Å². The third kappa shape index (κ3) is 3.17. The molecule has 138 valence electrons. The predicted molar refractivity (Wildman–Crippen MR) is 112 cm³/mol. The van der Waals surface area contributed by atoms with Crippen molar-refractivity contribution in [2.45, 2.75) is 6.42 Å². The molecule has 4 aromatic rings. The van der Waals surface area contributed by atoms with E-state index < -0.39 is 0 Å². The fraction of sp³-hybridized carbons (Fsp3) is 0.286. The van der Waals surface area contributed by atoms with Gasteiger partial charge in [-0.15, -0.1) is 0 Å². The number of nitrogens with one attached hydrogen (secondary N) is 2. The maximum atomic E-state index is 6.06. The number of halogens is 1. The lowest BCUT2D eigenvalue weighted by molar-refractivity contribution is 0.260. The molecule has 0 saturated carbocycles. The first-order chi connectivity index (χ1) is 13.3. The summed E-state index contributed by atoms with van der Waals surface area (Å²) >= 11 is 6.06. The second kappa shape index (κ2) is 6.91. The van der Waals surface area contributed by atoms with E-state index >= 15 is 0 Å². The number of aromatic amines is 2. The van der Waals surface area contributed by atoms with Crippen molar-refractivity contribution in [3.8, 4) is 0 Å². The van der Waals surface area contributed by atoms with Crippen molar-refractivity contribution in [2.24, 2.45) is 0 Å². The van der Waals surface area contributed by atoms with Crippen molar-refractivity contribution in [3.63, 3.8) is 0 Å². The van der Waals surface area contributed by atoms with Crippen LogP contribution < -0.4 is 4.90 Å². The van der Waals surface area contributed by atoms with E-state index in [1.54, 1.807) is 0 Å². The van der Waals surface area contributed by atoms with E-state index in [4.69, 9.17) is 11.6 Å². The van der Waals surface area contributed by atoms with Crippen molar-refractivity contribution in [1.82, 2.24) is 20.1 Å². The van der Waals surface area contributed by atoms with E-state index in [2.05, 4.69) is 55.3 Å². The van der Waals surface area contributed by atoms with Gasteiger partial charge in [-0.3, -0.25) is 10.00 Å². The first-order valence-electron chi connectivity index (χ1n) is 9.44. The van der Waals surface area contributed by atoms with Crippen LogP contribution in [0.15, 0.2) is 48.7 Å². The summed E-state index contributed by atoms with van der Waals surface area (Å²) in [6.07, 6.45) is 2.97. The van der Waals surface area contributed by atoms with Crippen LogP contribution in [0.5, 0.6) is 0 Å². The van der Waals surface area contributed by atoms with Gasteiger partial charge in [-0.1, -0.05) is 17.7 Å². The Hall–Kier alpha value is -2.50. The minimum Gasteiger partial charge on any atom is -0.368 e. The van der Waals surface area contributed by atoms with Gasteiger partial charge in [0.1, 0.15) is 0 Å². The summed E-state index contributed by atoms with van der Waals surface area (Å²) in [6, 6.07) is 14.6. The maximum Gasteiger partial charge on any atom is 0.0713 e. The molecular weight excluding hydrogens is 358 g/mol. The highest BCUT2D eigenvalue weighted by Gasteiger charge is 2.19. The van der Waals surface area contributed by atoms with Gasteiger partial charge in [-0.05, 0) is 36.4 Å². The molecule has 1 saturated heterocycles. The van der Waals surface area contributed by atoms with Crippen molar-refractivity contribution in [3.05, 3.63) is 59.4 Å². The maximum absolute atomic E-state index is 6.06. The molecule has 3 heterocycles. The number of H-pyrrole nitrogens is 2. The molecule has 2 aromatic carbocycles. The zero-order valence-corrected chi connectivity index (χ0v) is 15.8. The molecule has 2 aromatic heterocycles. The van der Waals surface area contributed by atoms with Crippen molar-refractivity contribution >= 4 is 39.1 Å². The number of hydrogen-bond donors (Lipinski definition) is 2. The summed E-state index contributed by atoms with van der Waals surface area (Å²) in [4.78, 5) is 8.34. The fourth-order valence-corrected chi connectivity index (χ4v) is 4.23. The number of anilines is 1. The Morgan fingerprint density at radius 1 is 0.963 bits per heavy atom. The van der Waals surface area contributed by atoms with E-state index in [1.807, 2.05) is 18.3 Å². The summed E-state index contributed by atoms with van der Waals surface area (Å²) in [5, 5.41) is 10.8. The van der Waals surface area contributed by atoms with Crippen LogP contribution >= 0.6 is 11.6 Å². The second-order valence-electron chi connectivity index (χ2n) is 7.15. The van der Waals surface area contributed by atoms with Gasteiger partial charge in [0.2, 0.25) is 0 Å². The standard InChI is InChI=1S/C21H22ClN5/c22-15-4-5-16-19(24-25-20(16)14-15)7-9-26-10-12-27(13-11-26)21-3-1-2-18-17(21)6-8-23-18/h1-6,8,14,23H,7,9-13H2,(H,24,25). The molecule has 1 fully saturated rings. The molecule has 6 heteroatoms. The zero-order chi connectivity index (χ0) is 18.2. The SMILES string of the molecule is Clc1ccc2c(CCN3CCN(c4cccc5[nH]ccc45)CC3)n[nH]c2c1. The van der Waals surface area contributed by atoms with E-state index in [0.717, 1.165) is 55.4 Å². The van der Waals surface area contributed by atoms with Crippen LogP contribution in [0.2, 0.25) is 5.02 Å². The Kier molecular flexibility index (Phi) is 4.26. The lowest BCUT2D eigenvalue weighted by Crippen LogP contribution is -2.47. The van der Waals surface area contributed by atoms with Gasteiger partial charge >= 0.3 is 0 Å². The van der Waals surface area contributed by atoms with Crippen LogP contribution in [0.1, 0.15) is 5.69 Å². The van der Waals surface area contributed by atoms with Crippen LogP contribution in [0, 0.1) is 0 Å². The monoisotopic (exact) mass is 379 g/mol. The summed E-state index contributed by atoms with van der Waals surface area (Å²) in [5.74, 6) is 0. The number of hydrogen-bond acceptors (Lipinski definition) is 3. The van der Waals surface area contributed by atoms with Gasteiger partial charge in [-0.25, -0.2) is 0 Å². The molecule has 5 nitrogen and oxygen atoms in total. The highest BCUT2D eigenvalue weighted by molar-refractivity contribution is 6.31. The molecule has 1 aliphatic rings.